The Balaban J connectivity index is 2.04. The van der Waals surface area contributed by atoms with Crippen molar-refractivity contribution in [2.75, 3.05) is 5.32 Å². The van der Waals surface area contributed by atoms with Gasteiger partial charge < -0.3 is 5.32 Å². The van der Waals surface area contributed by atoms with Crippen LogP contribution in [0.25, 0.3) is 0 Å². The fourth-order valence-electron chi connectivity index (χ4n) is 1.44. The maximum Gasteiger partial charge on any atom is 0.416 e. The Kier molecular flexibility index (Phi) is 3.24. The lowest BCUT2D eigenvalue weighted by atomic mass is 10.2. The summed E-state index contributed by atoms with van der Waals surface area (Å²) >= 11 is 0. The molecule has 19 heavy (non-hydrogen) atoms. The van der Waals surface area contributed by atoms with Gasteiger partial charge in [0, 0.05) is 5.69 Å². The van der Waals surface area contributed by atoms with Crippen LogP contribution in [0, 0.1) is 0 Å². The number of nitrogens with zero attached hydrogens (tertiary/aromatic N) is 1. The number of hydrogen-bond acceptors (Lipinski definition) is 3. The lowest BCUT2D eigenvalue weighted by Crippen LogP contribution is -2.22. The molecule has 1 aliphatic rings. The number of amides is 2. The molecule has 2 N–H and O–H groups in total. The van der Waals surface area contributed by atoms with E-state index in [1.807, 2.05) is 0 Å². The topological polar surface area (TPSA) is 70.6 Å². The minimum Gasteiger partial charge on any atom is -0.321 e. The van der Waals surface area contributed by atoms with Crippen LogP contribution in [0.3, 0.4) is 0 Å². The van der Waals surface area contributed by atoms with Gasteiger partial charge in [-0.1, -0.05) is 0 Å². The SMILES string of the molecule is O=C1CC(C(=O)Nc2ccc(C(F)(F)F)cc2)=NN1. The van der Waals surface area contributed by atoms with E-state index >= 15 is 0 Å². The Morgan fingerprint density at radius 3 is 2.37 bits per heavy atom. The summed E-state index contributed by atoms with van der Waals surface area (Å²) in [6, 6.07) is 3.97. The number of hydrazone groups is 1. The van der Waals surface area contributed by atoms with Gasteiger partial charge >= 0.3 is 6.18 Å². The maximum absolute atomic E-state index is 12.3. The summed E-state index contributed by atoms with van der Waals surface area (Å²) in [5.74, 6) is -1.03. The van der Waals surface area contributed by atoms with Crippen molar-refractivity contribution >= 4 is 23.2 Å². The van der Waals surface area contributed by atoms with Crippen molar-refractivity contribution in [2.45, 2.75) is 12.6 Å². The van der Waals surface area contributed by atoms with E-state index in [-0.39, 0.29) is 17.8 Å². The van der Waals surface area contributed by atoms with Gasteiger partial charge in [-0.2, -0.15) is 18.3 Å². The van der Waals surface area contributed by atoms with Crippen molar-refractivity contribution in [2.24, 2.45) is 5.10 Å². The van der Waals surface area contributed by atoms with E-state index < -0.39 is 23.6 Å². The number of rotatable bonds is 2. The molecule has 5 nitrogen and oxygen atoms in total. The Bertz CT molecular complexity index is 549. The molecule has 0 atom stereocenters. The van der Waals surface area contributed by atoms with Crippen LogP contribution >= 0.6 is 0 Å². The lowest BCUT2D eigenvalue weighted by Gasteiger charge is -2.08. The van der Waals surface area contributed by atoms with Gasteiger partial charge in [0.15, 0.2) is 0 Å². The molecule has 8 heteroatoms. The Morgan fingerprint density at radius 2 is 1.89 bits per heavy atom. The molecule has 2 amide bonds. The first kappa shape index (κ1) is 13.1. The van der Waals surface area contributed by atoms with Gasteiger partial charge in [-0.3, -0.25) is 9.59 Å². The highest BCUT2D eigenvalue weighted by Gasteiger charge is 2.30. The highest BCUT2D eigenvalue weighted by Crippen LogP contribution is 2.29. The van der Waals surface area contributed by atoms with Crippen LogP contribution in [0.4, 0.5) is 18.9 Å². The van der Waals surface area contributed by atoms with Gasteiger partial charge in [-0.25, -0.2) is 5.43 Å². The average molecular weight is 271 g/mol. The largest absolute Gasteiger partial charge is 0.416 e. The average Bonchev–Trinajstić information content (AvgIpc) is 2.75. The van der Waals surface area contributed by atoms with Crippen molar-refractivity contribution in [3.8, 4) is 0 Å². The fraction of sp³-hybridized carbons (Fsp3) is 0.182. The summed E-state index contributed by atoms with van der Waals surface area (Å²) in [7, 11) is 0. The zero-order chi connectivity index (χ0) is 14.0. The second kappa shape index (κ2) is 4.71. The Hall–Kier alpha value is -2.38. The molecule has 0 spiro atoms. The van der Waals surface area contributed by atoms with E-state index in [0.717, 1.165) is 24.3 Å². The molecule has 0 aliphatic carbocycles. The molecule has 100 valence electrons. The van der Waals surface area contributed by atoms with Crippen molar-refractivity contribution in [1.82, 2.24) is 5.43 Å². The lowest BCUT2D eigenvalue weighted by molar-refractivity contribution is -0.137. The number of nitrogens with one attached hydrogen (secondary N) is 2. The van der Waals surface area contributed by atoms with E-state index in [1.54, 1.807) is 0 Å². The minimum absolute atomic E-state index is 0.00935. The predicted octanol–water partition coefficient (Wildman–Crippen LogP) is 1.52. The molecule has 2 rings (SSSR count). The molecule has 0 radical (unpaired) electrons. The van der Waals surface area contributed by atoms with E-state index in [0.29, 0.717) is 0 Å². The summed E-state index contributed by atoms with van der Waals surface area (Å²) in [5.41, 5.74) is 1.48. The van der Waals surface area contributed by atoms with Crippen LogP contribution in [0.2, 0.25) is 0 Å². The van der Waals surface area contributed by atoms with Crippen LogP contribution in [0.5, 0.6) is 0 Å². The van der Waals surface area contributed by atoms with E-state index in [2.05, 4.69) is 15.8 Å². The third kappa shape index (κ3) is 3.09. The fourth-order valence-corrected chi connectivity index (χ4v) is 1.44. The Morgan fingerprint density at radius 1 is 1.26 bits per heavy atom. The standard InChI is InChI=1S/C11H8F3N3O2/c12-11(13,14)6-1-3-7(4-2-6)15-10(19)8-5-9(18)17-16-8/h1-4H,5H2,(H,15,19)(H,17,18). The second-order valence-electron chi connectivity index (χ2n) is 3.80. The molecule has 1 heterocycles. The highest BCUT2D eigenvalue weighted by atomic mass is 19.4. The van der Waals surface area contributed by atoms with Crippen LogP contribution in [-0.2, 0) is 15.8 Å². The third-order valence-corrected chi connectivity index (χ3v) is 2.38. The quantitative estimate of drug-likeness (QED) is 0.856. The van der Waals surface area contributed by atoms with Crippen LogP contribution in [0.15, 0.2) is 29.4 Å². The molecule has 0 saturated carbocycles. The number of anilines is 1. The molecular formula is C11H8F3N3O2. The normalized spacial score (nSPS) is 14.9. The first-order valence-corrected chi connectivity index (χ1v) is 5.20. The first-order chi connectivity index (χ1) is 8.86. The van der Waals surface area contributed by atoms with Crippen LogP contribution in [-0.4, -0.2) is 17.5 Å². The van der Waals surface area contributed by atoms with E-state index in [1.165, 1.54) is 0 Å². The Labute approximate surface area is 105 Å². The highest BCUT2D eigenvalue weighted by molar-refractivity contribution is 6.46. The van der Waals surface area contributed by atoms with Crippen molar-refractivity contribution in [1.29, 1.82) is 0 Å². The van der Waals surface area contributed by atoms with Gasteiger partial charge in [0.2, 0.25) is 5.91 Å². The number of alkyl halides is 3. The van der Waals surface area contributed by atoms with Gasteiger partial charge in [0.25, 0.3) is 5.91 Å². The van der Waals surface area contributed by atoms with E-state index in [9.17, 15) is 22.8 Å². The molecule has 1 aromatic rings. The molecule has 0 aromatic heterocycles. The minimum atomic E-state index is -4.42. The van der Waals surface area contributed by atoms with Crippen molar-refractivity contribution in [3.05, 3.63) is 29.8 Å². The maximum atomic E-state index is 12.3. The first-order valence-electron chi connectivity index (χ1n) is 5.20. The van der Waals surface area contributed by atoms with Crippen molar-refractivity contribution < 1.29 is 22.8 Å². The number of carbonyl (C=O) groups excluding carboxylic acids is 2. The smallest absolute Gasteiger partial charge is 0.321 e. The summed E-state index contributed by atoms with van der Waals surface area (Å²) in [6.07, 6.45) is -4.57. The monoisotopic (exact) mass is 271 g/mol. The third-order valence-electron chi connectivity index (χ3n) is 2.38. The zero-order valence-electron chi connectivity index (χ0n) is 9.41. The number of halogens is 3. The molecule has 0 saturated heterocycles. The summed E-state index contributed by atoms with van der Waals surface area (Å²) < 4.78 is 37.0. The summed E-state index contributed by atoms with van der Waals surface area (Å²) in [6.45, 7) is 0. The molecular weight excluding hydrogens is 263 g/mol. The van der Waals surface area contributed by atoms with Crippen LogP contribution in [0.1, 0.15) is 12.0 Å². The summed E-state index contributed by atoms with van der Waals surface area (Å²) in [4.78, 5) is 22.4. The zero-order valence-corrected chi connectivity index (χ0v) is 9.41. The van der Waals surface area contributed by atoms with Gasteiger partial charge in [0.1, 0.15) is 5.71 Å². The van der Waals surface area contributed by atoms with Crippen molar-refractivity contribution in [3.63, 3.8) is 0 Å². The number of hydrogen-bond donors (Lipinski definition) is 2. The predicted molar refractivity (Wildman–Crippen MR) is 60.3 cm³/mol. The molecule has 0 fully saturated rings. The van der Waals surface area contributed by atoms with Crippen LogP contribution < -0.4 is 10.7 Å². The summed E-state index contributed by atoms with van der Waals surface area (Å²) in [5, 5.41) is 5.85. The molecule has 0 bridgehead atoms. The molecule has 1 aliphatic heterocycles. The molecule has 0 unspecified atom stereocenters. The molecule has 1 aromatic carbocycles. The second-order valence-corrected chi connectivity index (χ2v) is 3.80. The van der Waals surface area contributed by atoms with E-state index in [4.69, 9.17) is 0 Å². The van der Waals surface area contributed by atoms with Gasteiger partial charge in [-0.15, -0.1) is 0 Å². The number of benzene rings is 1. The van der Waals surface area contributed by atoms with Gasteiger partial charge in [0.05, 0.1) is 12.0 Å². The number of carbonyl (C=O) groups is 2. The van der Waals surface area contributed by atoms with Gasteiger partial charge in [-0.05, 0) is 24.3 Å².